The van der Waals surface area contributed by atoms with Gasteiger partial charge in [-0.1, -0.05) is 6.92 Å². The maximum atomic E-state index is 11.1. The number of carbonyl (C=O) groups is 1. The third-order valence-electron chi connectivity index (χ3n) is 2.15. The molecule has 0 aliphatic rings. The topological polar surface area (TPSA) is 72.7 Å². The van der Waals surface area contributed by atoms with E-state index in [1.54, 1.807) is 25.9 Å². The van der Waals surface area contributed by atoms with Crippen LogP contribution in [0.25, 0.3) is 0 Å². The molecular formula is C11H14N2O4. The van der Waals surface area contributed by atoms with E-state index in [-0.39, 0.29) is 18.1 Å². The van der Waals surface area contributed by atoms with Gasteiger partial charge in [-0.15, -0.1) is 0 Å². The Bertz CT molecular complexity index is 443. The van der Waals surface area contributed by atoms with Gasteiger partial charge in [-0.25, -0.2) is 0 Å². The number of anilines is 1. The van der Waals surface area contributed by atoms with Crippen molar-refractivity contribution in [3.05, 3.63) is 28.3 Å². The molecule has 6 heteroatoms. The molecular weight excluding hydrogens is 224 g/mol. The van der Waals surface area contributed by atoms with Crippen LogP contribution in [-0.2, 0) is 4.79 Å². The van der Waals surface area contributed by atoms with Crippen molar-refractivity contribution in [3.8, 4) is 5.75 Å². The summed E-state index contributed by atoms with van der Waals surface area (Å²) in [6.07, 6.45) is 0.258. The molecule has 0 fully saturated rings. The number of nitro groups is 1. The Hall–Kier alpha value is -2.11. The fourth-order valence-corrected chi connectivity index (χ4v) is 1.28. The lowest BCUT2D eigenvalue weighted by Crippen LogP contribution is -2.12. The van der Waals surface area contributed by atoms with E-state index < -0.39 is 4.92 Å². The summed E-state index contributed by atoms with van der Waals surface area (Å²) in [5.41, 5.74) is 0.378. The van der Waals surface area contributed by atoms with E-state index in [2.05, 4.69) is 0 Å². The van der Waals surface area contributed by atoms with Crippen LogP contribution in [0.2, 0.25) is 0 Å². The summed E-state index contributed by atoms with van der Waals surface area (Å²) >= 11 is 0. The SMILES string of the molecule is CCC(=O)Oc1ccc([N+](=O)[O-])c(N(C)C)c1. The summed E-state index contributed by atoms with van der Waals surface area (Å²) in [4.78, 5) is 23.0. The predicted octanol–water partition coefficient (Wildman–Crippen LogP) is 1.98. The summed E-state index contributed by atoms with van der Waals surface area (Å²) in [6, 6.07) is 4.22. The molecule has 0 unspecified atom stereocenters. The van der Waals surface area contributed by atoms with Gasteiger partial charge in [0.15, 0.2) is 0 Å². The van der Waals surface area contributed by atoms with E-state index in [0.717, 1.165) is 0 Å². The Labute approximate surface area is 98.9 Å². The van der Waals surface area contributed by atoms with Crippen molar-refractivity contribution in [2.45, 2.75) is 13.3 Å². The minimum atomic E-state index is -0.471. The van der Waals surface area contributed by atoms with Crippen LogP contribution in [0.15, 0.2) is 18.2 Å². The lowest BCUT2D eigenvalue weighted by Gasteiger charge is -2.13. The van der Waals surface area contributed by atoms with Crippen LogP contribution < -0.4 is 9.64 Å². The minimum absolute atomic E-state index is 0.0219. The number of hydrogen-bond donors (Lipinski definition) is 0. The van der Waals surface area contributed by atoms with E-state index in [4.69, 9.17) is 4.74 Å². The molecule has 0 aromatic heterocycles. The average Bonchev–Trinajstić information content (AvgIpc) is 2.28. The van der Waals surface area contributed by atoms with Gasteiger partial charge in [0.05, 0.1) is 4.92 Å². The smallest absolute Gasteiger partial charge is 0.310 e. The van der Waals surface area contributed by atoms with Crippen molar-refractivity contribution in [1.29, 1.82) is 0 Å². The molecule has 0 saturated carbocycles. The zero-order chi connectivity index (χ0) is 13.0. The highest BCUT2D eigenvalue weighted by atomic mass is 16.6. The standard InChI is InChI=1S/C11H14N2O4/c1-4-11(14)17-8-5-6-9(13(15)16)10(7-8)12(2)3/h5-7H,4H2,1-3H3. The predicted molar refractivity (Wildman–Crippen MR) is 63.3 cm³/mol. The molecule has 0 atom stereocenters. The van der Waals surface area contributed by atoms with Crippen molar-refractivity contribution in [3.63, 3.8) is 0 Å². The highest BCUT2D eigenvalue weighted by molar-refractivity contribution is 5.73. The molecule has 0 bridgehead atoms. The molecule has 0 amide bonds. The van der Waals surface area contributed by atoms with Gasteiger partial charge in [0.2, 0.25) is 0 Å². The molecule has 0 aliphatic heterocycles. The van der Waals surface area contributed by atoms with Crippen LogP contribution in [0.3, 0.4) is 0 Å². The summed E-state index contributed by atoms with van der Waals surface area (Å²) < 4.78 is 5.00. The largest absolute Gasteiger partial charge is 0.426 e. The third-order valence-corrected chi connectivity index (χ3v) is 2.15. The Morgan fingerprint density at radius 1 is 1.47 bits per heavy atom. The van der Waals surface area contributed by atoms with Crippen molar-refractivity contribution in [2.75, 3.05) is 19.0 Å². The van der Waals surface area contributed by atoms with Crippen LogP contribution in [0.1, 0.15) is 13.3 Å². The number of benzene rings is 1. The van der Waals surface area contributed by atoms with Gasteiger partial charge < -0.3 is 9.64 Å². The Balaban J connectivity index is 3.10. The Kier molecular flexibility index (Phi) is 4.03. The van der Waals surface area contributed by atoms with Gasteiger partial charge in [0, 0.05) is 32.6 Å². The zero-order valence-corrected chi connectivity index (χ0v) is 9.97. The van der Waals surface area contributed by atoms with Crippen molar-refractivity contribution in [2.24, 2.45) is 0 Å². The Morgan fingerprint density at radius 3 is 2.59 bits per heavy atom. The summed E-state index contributed by atoms with van der Waals surface area (Å²) in [7, 11) is 3.38. The first-order valence-corrected chi connectivity index (χ1v) is 5.12. The quantitative estimate of drug-likeness (QED) is 0.347. The second-order valence-electron chi connectivity index (χ2n) is 3.63. The molecule has 0 aliphatic carbocycles. The molecule has 0 N–H and O–H groups in total. The van der Waals surface area contributed by atoms with Crippen LogP contribution >= 0.6 is 0 Å². The number of rotatable bonds is 4. The first-order chi connectivity index (χ1) is 7.95. The Morgan fingerprint density at radius 2 is 2.12 bits per heavy atom. The van der Waals surface area contributed by atoms with Gasteiger partial charge in [0.1, 0.15) is 11.4 Å². The molecule has 1 rings (SSSR count). The van der Waals surface area contributed by atoms with Gasteiger partial charge in [0.25, 0.3) is 5.69 Å². The van der Waals surface area contributed by atoms with Crippen molar-refractivity contribution in [1.82, 2.24) is 0 Å². The average molecular weight is 238 g/mol. The van der Waals surface area contributed by atoms with E-state index in [0.29, 0.717) is 11.4 Å². The summed E-state index contributed by atoms with van der Waals surface area (Å²) in [6.45, 7) is 1.68. The maximum Gasteiger partial charge on any atom is 0.310 e. The molecule has 92 valence electrons. The number of carbonyl (C=O) groups excluding carboxylic acids is 1. The van der Waals surface area contributed by atoms with Crippen LogP contribution in [-0.4, -0.2) is 25.0 Å². The van der Waals surface area contributed by atoms with Crippen LogP contribution in [0.5, 0.6) is 5.75 Å². The molecule has 0 saturated heterocycles. The number of hydrogen-bond acceptors (Lipinski definition) is 5. The monoisotopic (exact) mass is 238 g/mol. The molecule has 0 spiro atoms. The second-order valence-corrected chi connectivity index (χ2v) is 3.63. The zero-order valence-electron chi connectivity index (χ0n) is 9.97. The van der Waals surface area contributed by atoms with Gasteiger partial charge in [-0.2, -0.15) is 0 Å². The molecule has 0 radical (unpaired) electrons. The van der Waals surface area contributed by atoms with Crippen LogP contribution in [0.4, 0.5) is 11.4 Å². The van der Waals surface area contributed by atoms with Crippen molar-refractivity contribution >= 4 is 17.3 Å². The lowest BCUT2D eigenvalue weighted by atomic mass is 10.2. The third kappa shape index (κ3) is 3.17. The number of nitro benzene ring substituents is 1. The lowest BCUT2D eigenvalue weighted by molar-refractivity contribution is -0.384. The summed E-state index contributed by atoms with van der Waals surface area (Å²) in [5, 5.41) is 10.8. The maximum absolute atomic E-state index is 11.1. The second kappa shape index (κ2) is 5.29. The molecule has 6 nitrogen and oxygen atoms in total. The molecule has 1 aromatic rings. The molecule has 17 heavy (non-hydrogen) atoms. The number of ether oxygens (including phenoxy) is 1. The fourth-order valence-electron chi connectivity index (χ4n) is 1.28. The van der Waals surface area contributed by atoms with Crippen LogP contribution in [0, 0.1) is 10.1 Å². The van der Waals surface area contributed by atoms with Gasteiger partial charge in [-0.3, -0.25) is 14.9 Å². The number of esters is 1. The van der Waals surface area contributed by atoms with Crippen molar-refractivity contribution < 1.29 is 14.5 Å². The normalized spacial score (nSPS) is 9.82. The van der Waals surface area contributed by atoms with E-state index in [9.17, 15) is 14.9 Å². The molecule has 0 heterocycles. The number of nitrogens with zero attached hydrogens (tertiary/aromatic N) is 2. The summed E-state index contributed by atoms with van der Waals surface area (Å²) in [5.74, 6) is -0.0605. The molecule has 1 aromatic carbocycles. The highest BCUT2D eigenvalue weighted by Gasteiger charge is 2.16. The minimum Gasteiger partial charge on any atom is -0.426 e. The van der Waals surface area contributed by atoms with E-state index >= 15 is 0 Å². The van der Waals surface area contributed by atoms with E-state index in [1.165, 1.54) is 18.2 Å². The van der Waals surface area contributed by atoms with Gasteiger partial charge >= 0.3 is 5.97 Å². The first-order valence-electron chi connectivity index (χ1n) is 5.12. The van der Waals surface area contributed by atoms with E-state index in [1.807, 2.05) is 0 Å². The fraction of sp³-hybridized carbons (Fsp3) is 0.364. The first kappa shape index (κ1) is 13.0. The highest BCUT2D eigenvalue weighted by Crippen LogP contribution is 2.30. The van der Waals surface area contributed by atoms with Gasteiger partial charge in [-0.05, 0) is 6.07 Å².